The van der Waals surface area contributed by atoms with Crippen LogP contribution < -0.4 is 0 Å². The topological polar surface area (TPSA) is 90.4 Å². The van der Waals surface area contributed by atoms with E-state index in [1.54, 1.807) is 0 Å². The van der Waals surface area contributed by atoms with Crippen molar-refractivity contribution in [2.24, 2.45) is 0 Å². The van der Waals surface area contributed by atoms with E-state index in [4.69, 9.17) is 10.2 Å². The Balaban J connectivity index is 2.91. The molecule has 5 nitrogen and oxygen atoms in total. The van der Waals surface area contributed by atoms with Crippen LogP contribution in [0, 0.1) is 6.07 Å². The van der Waals surface area contributed by atoms with Crippen molar-refractivity contribution in [3.05, 3.63) is 23.5 Å². The second-order valence-electron chi connectivity index (χ2n) is 2.16. The Bertz CT molecular complexity index is 315. The number of hydrogen-bond acceptors (Lipinski definition) is 2. The van der Waals surface area contributed by atoms with Crippen molar-refractivity contribution in [1.29, 1.82) is 0 Å². The van der Waals surface area contributed by atoms with Gasteiger partial charge in [0.15, 0.2) is 0 Å². The van der Waals surface area contributed by atoms with Gasteiger partial charge < -0.3 is 15.2 Å². The Hall–Kier alpha value is -1.78. The highest BCUT2D eigenvalue weighted by molar-refractivity contribution is 5.90. The average Bonchev–Trinajstić information content (AvgIpc) is 2.33. The Labute approximate surface area is 67.6 Å². The number of aromatic amines is 1. The predicted octanol–water partition coefficient (Wildman–Crippen LogP) is 0.140. The first-order valence-corrected chi connectivity index (χ1v) is 3.14. The number of carboxylic acids is 2. The number of aromatic nitrogens is 1. The Kier molecular flexibility index (Phi) is 2.14. The van der Waals surface area contributed by atoms with Crippen LogP contribution in [-0.4, -0.2) is 27.1 Å². The van der Waals surface area contributed by atoms with Crippen LogP contribution >= 0.6 is 0 Å². The average molecular weight is 168 g/mol. The number of H-pyrrole nitrogens is 1. The Morgan fingerprint density at radius 3 is 2.67 bits per heavy atom. The highest BCUT2D eigenvalue weighted by atomic mass is 16.4. The Morgan fingerprint density at radius 2 is 2.17 bits per heavy atom. The molecule has 0 aromatic carbocycles. The number of hydrogen-bond donors (Lipinski definition) is 3. The van der Waals surface area contributed by atoms with Gasteiger partial charge >= 0.3 is 11.9 Å². The summed E-state index contributed by atoms with van der Waals surface area (Å²) in [4.78, 5) is 23.1. The lowest BCUT2D eigenvalue weighted by molar-refractivity contribution is -0.136. The molecule has 1 aromatic rings. The zero-order valence-electron chi connectivity index (χ0n) is 6.00. The number of aromatic carboxylic acids is 1. The van der Waals surface area contributed by atoms with Gasteiger partial charge in [0, 0.05) is 18.0 Å². The normalized spacial score (nSPS) is 9.67. The molecule has 63 valence electrons. The summed E-state index contributed by atoms with van der Waals surface area (Å²) in [6, 6.07) is 2.39. The van der Waals surface area contributed by atoms with Crippen LogP contribution in [0.25, 0.3) is 0 Å². The van der Waals surface area contributed by atoms with E-state index >= 15 is 0 Å². The summed E-state index contributed by atoms with van der Waals surface area (Å²) in [5.41, 5.74) is 0.0485. The van der Waals surface area contributed by atoms with Crippen molar-refractivity contribution in [2.75, 3.05) is 0 Å². The molecule has 1 aromatic heterocycles. The van der Waals surface area contributed by atoms with Crippen LogP contribution in [-0.2, 0) is 11.2 Å². The molecule has 0 saturated heterocycles. The van der Waals surface area contributed by atoms with Gasteiger partial charge in [0.25, 0.3) is 0 Å². The maximum absolute atomic E-state index is 10.4. The fourth-order valence-corrected chi connectivity index (χ4v) is 0.836. The first-order valence-electron chi connectivity index (χ1n) is 3.14. The standard InChI is InChI=1S/C7H6NO4/c9-6(10)3-5-4(7(11)12)1-2-8-5/h2,8H,3H2,(H,9,10)(H,11,12). The molecule has 0 aliphatic carbocycles. The molecule has 0 fully saturated rings. The van der Waals surface area contributed by atoms with Gasteiger partial charge in [-0.2, -0.15) is 0 Å². The van der Waals surface area contributed by atoms with E-state index in [1.165, 1.54) is 6.20 Å². The van der Waals surface area contributed by atoms with E-state index in [-0.39, 0.29) is 17.7 Å². The van der Waals surface area contributed by atoms with Gasteiger partial charge in [-0.25, -0.2) is 4.79 Å². The molecule has 0 atom stereocenters. The van der Waals surface area contributed by atoms with Crippen LogP contribution in [0.5, 0.6) is 0 Å². The van der Waals surface area contributed by atoms with E-state index in [0.29, 0.717) is 0 Å². The summed E-state index contributed by atoms with van der Waals surface area (Å²) in [6.45, 7) is 0. The molecule has 0 saturated carbocycles. The molecule has 0 aliphatic heterocycles. The van der Waals surface area contributed by atoms with Crippen LogP contribution in [0.4, 0.5) is 0 Å². The third kappa shape index (κ3) is 1.63. The molecule has 0 unspecified atom stereocenters. The van der Waals surface area contributed by atoms with Crippen molar-refractivity contribution in [1.82, 2.24) is 4.98 Å². The summed E-state index contributed by atoms with van der Waals surface area (Å²) in [7, 11) is 0. The SMILES string of the molecule is O=C(O)Cc1[nH]c[c]c1C(=O)O. The molecule has 12 heavy (non-hydrogen) atoms. The predicted molar refractivity (Wildman–Crippen MR) is 37.9 cm³/mol. The van der Waals surface area contributed by atoms with E-state index in [1.807, 2.05) is 0 Å². The van der Waals surface area contributed by atoms with Crippen LogP contribution in [0.15, 0.2) is 6.20 Å². The van der Waals surface area contributed by atoms with Gasteiger partial charge in [-0.1, -0.05) is 0 Å². The van der Waals surface area contributed by atoms with Gasteiger partial charge in [-0.15, -0.1) is 0 Å². The molecule has 0 aliphatic rings. The summed E-state index contributed by atoms with van der Waals surface area (Å²) in [6.07, 6.45) is 0.951. The first kappa shape index (κ1) is 8.32. The summed E-state index contributed by atoms with van der Waals surface area (Å²) < 4.78 is 0. The van der Waals surface area contributed by atoms with Gasteiger partial charge in [0.2, 0.25) is 0 Å². The number of nitrogens with one attached hydrogen (secondary N) is 1. The molecule has 1 rings (SSSR count). The quantitative estimate of drug-likeness (QED) is 0.598. The smallest absolute Gasteiger partial charge is 0.338 e. The van der Waals surface area contributed by atoms with E-state index in [0.717, 1.165) is 0 Å². The van der Waals surface area contributed by atoms with Crippen molar-refractivity contribution in [2.45, 2.75) is 6.42 Å². The minimum Gasteiger partial charge on any atom is -0.481 e. The molecule has 1 heterocycles. The van der Waals surface area contributed by atoms with Gasteiger partial charge in [0.1, 0.15) is 0 Å². The lowest BCUT2D eigenvalue weighted by Gasteiger charge is -1.94. The van der Waals surface area contributed by atoms with Gasteiger partial charge in [-0.05, 0) is 0 Å². The maximum atomic E-state index is 10.4. The number of carboxylic acid groups (broad SMARTS) is 2. The summed E-state index contributed by atoms with van der Waals surface area (Å²) in [5.74, 6) is -2.25. The molecule has 0 spiro atoms. The lowest BCUT2D eigenvalue weighted by atomic mass is 10.2. The van der Waals surface area contributed by atoms with Gasteiger partial charge in [0.05, 0.1) is 12.0 Å². The zero-order valence-corrected chi connectivity index (χ0v) is 6.00. The molecular weight excluding hydrogens is 162 g/mol. The van der Waals surface area contributed by atoms with Gasteiger partial charge in [-0.3, -0.25) is 4.79 Å². The minimum absolute atomic E-state index is 0.114. The molecule has 3 N–H and O–H groups in total. The number of aliphatic carboxylic acids is 1. The fourth-order valence-electron chi connectivity index (χ4n) is 0.836. The van der Waals surface area contributed by atoms with Crippen molar-refractivity contribution >= 4 is 11.9 Å². The monoisotopic (exact) mass is 168 g/mol. The second-order valence-corrected chi connectivity index (χ2v) is 2.16. The third-order valence-electron chi connectivity index (χ3n) is 1.31. The van der Waals surface area contributed by atoms with E-state index in [2.05, 4.69) is 11.1 Å². The zero-order chi connectivity index (χ0) is 9.14. The van der Waals surface area contributed by atoms with Crippen molar-refractivity contribution in [3.8, 4) is 0 Å². The molecule has 5 heteroatoms. The highest BCUT2D eigenvalue weighted by Gasteiger charge is 2.13. The summed E-state index contributed by atoms with van der Waals surface area (Å²) in [5, 5.41) is 16.9. The largest absolute Gasteiger partial charge is 0.481 e. The lowest BCUT2D eigenvalue weighted by Crippen LogP contribution is -2.06. The maximum Gasteiger partial charge on any atom is 0.338 e. The first-order chi connectivity index (χ1) is 5.61. The van der Waals surface area contributed by atoms with Crippen molar-refractivity contribution < 1.29 is 19.8 Å². The number of rotatable bonds is 3. The van der Waals surface area contributed by atoms with Crippen LogP contribution in [0.1, 0.15) is 16.1 Å². The molecular formula is C7H6NO4. The Morgan fingerprint density at radius 1 is 1.50 bits per heavy atom. The van der Waals surface area contributed by atoms with E-state index < -0.39 is 11.9 Å². The molecule has 1 radical (unpaired) electrons. The van der Waals surface area contributed by atoms with Crippen molar-refractivity contribution in [3.63, 3.8) is 0 Å². The minimum atomic E-state index is -1.17. The summed E-state index contributed by atoms with van der Waals surface area (Å²) >= 11 is 0. The molecule has 0 bridgehead atoms. The van der Waals surface area contributed by atoms with Crippen LogP contribution in [0.3, 0.4) is 0 Å². The molecule has 0 amide bonds. The van der Waals surface area contributed by atoms with Crippen LogP contribution in [0.2, 0.25) is 0 Å². The number of carbonyl (C=O) groups is 2. The third-order valence-corrected chi connectivity index (χ3v) is 1.31. The van der Waals surface area contributed by atoms with E-state index in [9.17, 15) is 9.59 Å². The second kappa shape index (κ2) is 3.08. The highest BCUT2D eigenvalue weighted by Crippen LogP contribution is 2.06. The fraction of sp³-hybridized carbons (Fsp3) is 0.143.